The fourth-order valence-corrected chi connectivity index (χ4v) is 3.90. The topological polar surface area (TPSA) is 83.1 Å². The highest BCUT2D eigenvalue weighted by molar-refractivity contribution is 7.13. The molecule has 0 spiro atoms. The van der Waals surface area contributed by atoms with E-state index in [0.717, 1.165) is 0 Å². The number of carbonyl (C=O) groups is 1. The minimum atomic E-state index is -4.51. The van der Waals surface area contributed by atoms with Crippen molar-refractivity contribution in [2.45, 2.75) is 32.0 Å². The Bertz CT molecular complexity index is 1110. The van der Waals surface area contributed by atoms with Crippen LogP contribution in [-0.4, -0.2) is 32.7 Å². The molecule has 28 heavy (non-hydrogen) atoms. The summed E-state index contributed by atoms with van der Waals surface area (Å²) in [6, 6.07) is 3.59. The fourth-order valence-electron chi connectivity index (χ4n) is 3.10. The second kappa shape index (κ2) is 6.60. The van der Waals surface area contributed by atoms with Crippen LogP contribution in [0.3, 0.4) is 0 Å². The van der Waals surface area contributed by atoms with Crippen LogP contribution in [0.25, 0.3) is 16.2 Å². The molecule has 3 aromatic heterocycles. The van der Waals surface area contributed by atoms with E-state index in [1.165, 1.54) is 22.0 Å². The minimum absolute atomic E-state index is 0.0788. The predicted octanol–water partition coefficient (Wildman–Crippen LogP) is 3.71. The molecule has 0 unspecified atom stereocenters. The number of fused-ring (bicyclic) bond motifs is 1. The molecule has 0 aromatic carbocycles. The zero-order valence-electron chi connectivity index (χ0n) is 14.6. The van der Waals surface area contributed by atoms with Gasteiger partial charge in [0.05, 0.1) is 16.6 Å². The molecule has 0 bridgehead atoms. The maximum atomic E-state index is 13.2. The summed E-state index contributed by atoms with van der Waals surface area (Å²) >= 11 is 1.32. The summed E-state index contributed by atoms with van der Waals surface area (Å²) in [5, 5.41) is 17.4. The monoisotopic (exact) mass is 405 g/mol. The standard InChI is InChI=1S/C18H14F3N5OS/c1-9-6-12(14-11(7-22)4-5-28-14)25-26-13(8-23-16(9)26)17(27)24-15(10-2-3-10)18(19,20)21/h4-6,8,10,15H,2-3H2,1H3,(H,24,27)/t15-/m1/s1. The molecule has 3 aromatic rings. The first-order valence-electron chi connectivity index (χ1n) is 8.50. The van der Waals surface area contributed by atoms with Gasteiger partial charge in [-0.2, -0.15) is 23.5 Å². The lowest BCUT2D eigenvalue weighted by atomic mass is 10.1. The van der Waals surface area contributed by atoms with Crippen molar-refractivity contribution in [1.82, 2.24) is 19.9 Å². The number of nitriles is 1. The predicted molar refractivity (Wildman–Crippen MR) is 95.8 cm³/mol. The Hall–Kier alpha value is -2.93. The summed E-state index contributed by atoms with van der Waals surface area (Å²) in [6.07, 6.45) is -2.41. The number of aromatic nitrogens is 3. The van der Waals surface area contributed by atoms with Gasteiger partial charge in [-0.05, 0) is 48.8 Å². The van der Waals surface area contributed by atoms with Gasteiger partial charge in [-0.25, -0.2) is 9.50 Å². The van der Waals surface area contributed by atoms with E-state index in [1.807, 2.05) is 0 Å². The van der Waals surface area contributed by atoms with Crippen LogP contribution in [-0.2, 0) is 0 Å². The van der Waals surface area contributed by atoms with Crippen LogP contribution in [0.15, 0.2) is 23.7 Å². The van der Waals surface area contributed by atoms with Crippen molar-refractivity contribution in [1.29, 1.82) is 5.26 Å². The first-order chi connectivity index (χ1) is 13.3. The Balaban J connectivity index is 1.74. The summed E-state index contributed by atoms with van der Waals surface area (Å²) in [7, 11) is 0. The molecule has 0 radical (unpaired) electrons. The zero-order chi connectivity index (χ0) is 20.1. The molecular formula is C18H14F3N5OS. The molecule has 3 heterocycles. The summed E-state index contributed by atoms with van der Waals surface area (Å²) < 4.78 is 41.0. The summed E-state index contributed by atoms with van der Waals surface area (Å²) in [4.78, 5) is 17.3. The zero-order valence-corrected chi connectivity index (χ0v) is 15.4. The average molecular weight is 405 g/mol. The molecule has 1 aliphatic rings. The Kier molecular flexibility index (Phi) is 4.34. The molecule has 4 rings (SSSR count). The summed E-state index contributed by atoms with van der Waals surface area (Å²) in [6.45, 7) is 1.76. The third kappa shape index (κ3) is 3.22. The number of rotatable bonds is 4. The first-order valence-corrected chi connectivity index (χ1v) is 9.38. The van der Waals surface area contributed by atoms with Gasteiger partial charge in [-0.1, -0.05) is 0 Å². The van der Waals surface area contributed by atoms with E-state index in [1.54, 1.807) is 24.4 Å². The number of nitrogens with one attached hydrogen (secondary N) is 1. The van der Waals surface area contributed by atoms with Gasteiger partial charge in [0.1, 0.15) is 17.8 Å². The number of aryl methyl sites for hydroxylation is 1. The second-order valence-corrected chi connectivity index (χ2v) is 7.61. The van der Waals surface area contributed by atoms with Crippen molar-refractivity contribution in [3.8, 4) is 16.6 Å². The van der Waals surface area contributed by atoms with Crippen molar-refractivity contribution in [2.24, 2.45) is 5.92 Å². The number of carbonyl (C=O) groups excluding carboxylic acids is 1. The molecule has 1 fully saturated rings. The van der Waals surface area contributed by atoms with Gasteiger partial charge < -0.3 is 5.32 Å². The summed E-state index contributed by atoms with van der Waals surface area (Å²) in [5.41, 5.74) is 1.88. The Morgan fingerprint density at radius 3 is 2.86 bits per heavy atom. The van der Waals surface area contributed by atoms with Gasteiger partial charge in [0.2, 0.25) is 0 Å². The number of hydrogen-bond acceptors (Lipinski definition) is 5. The van der Waals surface area contributed by atoms with Crippen molar-refractivity contribution in [3.63, 3.8) is 0 Å². The van der Waals surface area contributed by atoms with E-state index in [4.69, 9.17) is 0 Å². The third-order valence-corrected chi connectivity index (χ3v) is 5.57. The van der Waals surface area contributed by atoms with E-state index in [2.05, 4.69) is 21.5 Å². The molecule has 1 saturated carbocycles. The van der Waals surface area contributed by atoms with E-state index >= 15 is 0 Å². The maximum absolute atomic E-state index is 13.2. The van der Waals surface area contributed by atoms with Crippen LogP contribution < -0.4 is 5.32 Å². The molecule has 1 N–H and O–H groups in total. The van der Waals surface area contributed by atoms with Crippen LogP contribution in [0.2, 0.25) is 0 Å². The number of imidazole rings is 1. The number of nitrogens with zero attached hydrogens (tertiary/aromatic N) is 4. The van der Waals surface area contributed by atoms with Crippen molar-refractivity contribution in [2.75, 3.05) is 0 Å². The Labute approximate surface area is 161 Å². The first kappa shape index (κ1) is 18.4. The number of halogens is 3. The molecule has 1 aliphatic carbocycles. The number of thiophene rings is 1. The third-order valence-electron chi connectivity index (χ3n) is 4.64. The van der Waals surface area contributed by atoms with E-state index < -0.39 is 24.0 Å². The molecule has 0 saturated heterocycles. The van der Waals surface area contributed by atoms with Crippen molar-refractivity contribution < 1.29 is 18.0 Å². The average Bonchev–Trinajstić information content (AvgIpc) is 3.18. The molecule has 1 atom stereocenters. The van der Waals surface area contributed by atoms with Gasteiger partial charge in [-0.3, -0.25) is 4.79 Å². The normalized spacial score (nSPS) is 15.4. The maximum Gasteiger partial charge on any atom is 0.408 e. The summed E-state index contributed by atoms with van der Waals surface area (Å²) in [5.74, 6) is -1.46. The van der Waals surface area contributed by atoms with Gasteiger partial charge in [0, 0.05) is 0 Å². The molecular weight excluding hydrogens is 391 g/mol. The van der Waals surface area contributed by atoms with E-state index in [0.29, 0.717) is 40.2 Å². The molecule has 144 valence electrons. The molecule has 0 aliphatic heterocycles. The number of alkyl halides is 3. The second-order valence-electron chi connectivity index (χ2n) is 6.70. The number of hydrogen-bond donors (Lipinski definition) is 1. The number of amides is 1. The lowest BCUT2D eigenvalue weighted by molar-refractivity contribution is -0.158. The molecule has 1 amide bonds. The Morgan fingerprint density at radius 2 is 2.21 bits per heavy atom. The highest BCUT2D eigenvalue weighted by atomic mass is 32.1. The SMILES string of the molecule is Cc1cc(-c2sccc2C#N)nn2c(C(=O)N[C@H](C3CC3)C(F)(F)F)cnc12. The molecule has 10 heteroatoms. The smallest absolute Gasteiger partial charge is 0.339 e. The highest BCUT2D eigenvalue weighted by Gasteiger charge is 2.49. The van der Waals surface area contributed by atoms with Crippen LogP contribution in [0.5, 0.6) is 0 Å². The van der Waals surface area contributed by atoms with Crippen molar-refractivity contribution >= 4 is 22.9 Å². The van der Waals surface area contributed by atoms with Gasteiger partial charge in [0.15, 0.2) is 11.3 Å². The van der Waals surface area contributed by atoms with E-state index in [-0.39, 0.29) is 5.69 Å². The minimum Gasteiger partial charge on any atom is -0.339 e. The highest BCUT2D eigenvalue weighted by Crippen LogP contribution is 2.40. The van der Waals surface area contributed by atoms with Crippen LogP contribution in [0.1, 0.15) is 34.5 Å². The molecule has 6 nitrogen and oxygen atoms in total. The van der Waals surface area contributed by atoms with Gasteiger partial charge in [-0.15, -0.1) is 11.3 Å². The van der Waals surface area contributed by atoms with Gasteiger partial charge >= 0.3 is 6.18 Å². The van der Waals surface area contributed by atoms with Crippen LogP contribution in [0.4, 0.5) is 13.2 Å². The van der Waals surface area contributed by atoms with Crippen molar-refractivity contribution in [3.05, 3.63) is 40.5 Å². The van der Waals surface area contributed by atoms with E-state index in [9.17, 15) is 23.2 Å². The van der Waals surface area contributed by atoms with Crippen LogP contribution >= 0.6 is 11.3 Å². The quantitative estimate of drug-likeness (QED) is 0.717. The lowest BCUT2D eigenvalue weighted by Crippen LogP contribution is -2.47. The lowest BCUT2D eigenvalue weighted by Gasteiger charge is -2.21. The van der Waals surface area contributed by atoms with Gasteiger partial charge in [0.25, 0.3) is 5.91 Å². The Morgan fingerprint density at radius 1 is 1.46 bits per heavy atom. The van der Waals surface area contributed by atoms with Crippen LogP contribution in [0, 0.1) is 24.2 Å². The largest absolute Gasteiger partial charge is 0.408 e. The fraction of sp³-hybridized carbons (Fsp3) is 0.333.